The lowest BCUT2D eigenvalue weighted by atomic mass is 9.97. The molecule has 0 bridgehead atoms. The van der Waals surface area contributed by atoms with Crippen LogP contribution in [0.4, 0.5) is 0 Å². The van der Waals surface area contributed by atoms with Crippen LogP contribution in [-0.2, 0) is 22.7 Å². The molecule has 3 heterocycles. The number of hydrogen-bond acceptors (Lipinski definition) is 7. The van der Waals surface area contributed by atoms with Gasteiger partial charge in [0, 0.05) is 28.7 Å². The molecule has 3 aromatic rings. The molecule has 2 amide bonds. The van der Waals surface area contributed by atoms with Gasteiger partial charge in [-0.15, -0.1) is 0 Å². The summed E-state index contributed by atoms with van der Waals surface area (Å²) in [5.74, 6) is -0.377. The van der Waals surface area contributed by atoms with Crippen molar-refractivity contribution in [3.05, 3.63) is 54.1 Å². The lowest BCUT2D eigenvalue weighted by Crippen LogP contribution is -2.51. The molecule has 0 unspecified atom stereocenters. The lowest BCUT2D eigenvalue weighted by molar-refractivity contribution is -0.149. The van der Waals surface area contributed by atoms with E-state index in [1.165, 1.54) is 16.8 Å². The van der Waals surface area contributed by atoms with Crippen molar-refractivity contribution in [3.8, 4) is 6.07 Å². The Morgan fingerprint density at radius 3 is 2.44 bits per heavy atom. The molecule has 0 aliphatic carbocycles. The molecule has 0 spiro atoms. The second-order valence-electron chi connectivity index (χ2n) is 8.94. The molecule has 4 rings (SSSR count). The summed E-state index contributed by atoms with van der Waals surface area (Å²) in [5, 5.41) is 9.98. The predicted octanol–water partition coefficient (Wildman–Crippen LogP) is 3.23. The number of amides is 2. The first-order valence-corrected chi connectivity index (χ1v) is 11.1. The molecule has 1 aromatic carbocycles. The molecule has 164 valence electrons. The van der Waals surface area contributed by atoms with Crippen LogP contribution >= 0.6 is 11.9 Å². The topological polar surface area (TPSA) is 95.1 Å². The maximum Gasteiger partial charge on any atom is 0.244 e. The van der Waals surface area contributed by atoms with Gasteiger partial charge in [0.05, 0.1) is 19.6 Å². The number of carbonyl (C=O) groups excluding carboxylic acids is 2. The van der Waals surface area contributed by atoms with Crippen molar-refractivity contribution in [2.45, 2.75) is 38.8 Å². The van der Waals surface area contributed by atoms with Gasteiger partial charge in [-0.05, 0) is 35.6 Å². The smallest absolute Gasteiger partial charge is 0.244 e. The normalized spacial score (nSPS) is 15.4. The average Bonchev–Trinajstić information content (AvgIpc) is 3.06. The van der Waals surface area contributed by atoms with Crippen molar-refractivity contribution in [2.24, 2.45) is 5.41 Å². The quantitative estimate of drug-likeness (QED) is 0.437. The third-order valence-corrected chi connectivity index (χ3v) is 5.98. The van der Waals surface area contributed by atoms with E-state index in [0.717, 1.165) is 16.0 Å². The number of benzene rings is 1. The van der Waals surface area contributed by atoms with Crippen LogP contribution in [0.25, 0.3) is 11.0 Å². The monoisotopic (exact) mass is 448 g/mol. The highest BCUT2D eigenvalue weighted by Crippen LogP contribution is 2.28. The average molecular weight is 449 g/mol. The van der Waals surface area contributed by atoms with E-state index in [-0.39, 0.29) is 42.7 Å². The Hall–Kier alpha value is -3.22. The van der Waals surface area contributed by atoms with Crippen LogP contribution in [0.3, 0.4) is 0 Å². The number of carbonyl (C=O) groups is 2. The lowest BCUT2D eigenvalue weighted by Gasteiger charge is -2.32. The van der Waals surface area contributed by atoms with Crippen LogP contribution in [0.5, 0.6) is 0 Å². The van der Waals surface area contributed by atoms with Gasteiger partial charge < -0.3 is 4.57 Å². The minimum Gasteiger partial charge on any atom is -0.327 e. The van der Waals surface area contributed by atoms with E-state index < -0.39 is 0 Å². The summed E-state index contributed by atoms with van der Waals surface area (Å²) in [6, 6.07) is 13.6. The van der Waals surface area contributed by atoms with Gasteiger partial charge in [0.1, 0.15) is 11.7 Å². The van der Waals surface area contributed by atoms with E-state index in [0.29, 0.717) is 12.2 Å². The van der Waals surface area contributed by atoms with Gasteiger partial charge in [-0.1, -0.05) is 39.0 Å². The predicted molar refractivity (Wildman–Crippen MR) is 121 cm³/mol. The summed E-state index contributed by atoms with van der Waals surface area (Å²) in [6.45, 7) is 7.41. The Balaban J connectivity index is 1.59. The third-order valence-electron chi connectivity index (χ3n) is 4.98. The van der Waals surface area contributed by atoms with E-state index in [1.54, 1.807) is 10.5 Å². The van der Waals surface area contributed by atoms with Gasteiger partial charge in [-0.2, -0.15) is 5.26 Å². The number of piperazine rings is 1. The molecule has 2 aromatic heterocycles. The zero-order valence-electron chi connectivity index (χ0n) is 18.3. The van der Waals surface area contributed by atoms with Crippen molar-refractivity contribution < 1.29 is 9.59 Å². The number of aromatic nitrogens is 3. The molecule has 1 saturated heterocycles. The fourth-order valence-electron chi connectivity index (χ4n) is 3.63. The highest BCUT2D eigenvalue weighted by atomic mass is 32.2. The SMILES string of the molecule is CC(C)(C)Cn1c(CN2C(=O)CN(Sc3ccccc3)CC2=O)cc2cnc(C#N)nc21. The maximum absolute atomic E-state index is 12.9. The molecule has 0 radical (unpaired) electrons. The fourth-order valence-corrected chi connectivity index (χ4v) is 4.56. The summed E-state index contributed by atoms with van der Waals surface area (Å²) in [4.78, 5) is 36.5. The second kappa shape index (κ2) is 8.73. The van der Waals surface area contributed by atoms with Crippen LogP contribution in [0.1, 0.15) is 32.3 Å². The van der Waals surface area contributed by atoms with Crippen molar-refractivity contribution in [3.63, 3.8) is 0 Å². The van der Waals surface area contributed by atoms with Crippen molar-refractivity contribution in [1.82, 2.24) is 23.7 Å². The summed E-state index contributed by atoms with van der Waals surface area (Å²) in [7, 11) is 0. The van der Waals surface area contributed by atoms with Crippen LogP contribution in [0.15, 0.2) is 47.5 Å². The Morgan fingerprint density at radius 2 is 1.81 bits per heavy atom. The van der Waals surface area contributed by atoms with E-state index in [2.05, 4.69) is 30.7 Å². The van der Waals surface area contributed by atoms with Crippen molar-refractivity contribution in [1.29, 1.82) is 5.26 Å². The highest BCUT2D eigenvalue weighted by molar-refractivity contribution is 7.97. The van der Waals surface area contributed by atoms with E-state index >= 15 is 0 Å². The zero-order chi connectivity index (χ0) is 22.9. The highest BCUT2D eigenvalue weighted by Gasteiger charge is 2.33. The molecule has 9 heteroatoms. The summed E-state index contributed by atoms with van der Waals surface area (Å²) in [5.41, 5.74) is 1.36. The van der Waals surface area contributed by atoms with E-state index in [1.807, 2.05) is 47.0 Å². The molecule has 0 N–H and O–H groups in total. The van der Waals surface area contributed by atoms with Gasteiger partial charge in [0.25, 0.3) is 0 Å². The summed E-state index contributed by atoms with van der Waals surface area (Å²) >= 11 is 1.41. The van der Waals surface area contributed by atoms with Gasteiger partial charge in [-0.25, -0.2) is 14.3 Å². The number of hydrogen-bond donors (Lipinski definition) is 0. The van der Waals surface area contributed by atoms with Gasteiger partial charge in [-0.3, -0.25) is 14.5 Å². The fraction of sp³-hybridized carbons (Fsp3) is 0.348. The molecule has 1 aliphatic heterocycles. The van der Waals surface area contributed by atoms with Crippen LogP contribution in [-0.4, -0.2) is 48.6 Å². The van der Waals surface area contributed by atoms with Crippen molar-refractivity contribution in [2.75, 3.05) is 13.1 Å². The number of nitriles is 1. The van der Waals surface area contributed by atoms with Gasteiger partial charge in [0.15, 0.2) is 0 Å². The first kappa shape index (κ1) is 22.0. The first-order chi connectivity index (χ1) is 15.2. The molecule has 32 heavy (non-hydrogen) atoms. The Labute approximate surface area is 191 Å². The molecule has 0 atom stereocenters. The number of nitrogens with zero attached hydrogens (tertiary/aromatic N) is 6. The minimum absolute atomic E-state index is 0.0719. The molecule has 1 aliphatic rings. The third kappa shape index (κ3) is 4.82. The maximum atomic E-state index is 12.9. The Kier molecular flexibility index (Phi) is 6.00. The van der Waals surface area contributed by atoms with Crippen LogP contribution in [0.2, 0.25) is 0 Å². The first-order valence-electron chi connectivity index (χ1n) is 10.3. The Bertz CT molecular complexity index is 1190. The molecule has 8 nitrogen and oxygen atoms in total. The van der Waals surface area contributed by atoms with Gasteiger partial charge in [0.2, 0.25) is 17.6 Å². The van der Waals surface area contributed by atoms with Crippen LogP contribution in [0, 0.1) is 16.7 Å². The molecule has 0 saturated carbocycles. The zero-order valence-corrected chi connectivity index (χ0v) is 19.1. The van der Waals surface area contributed by atoms with E-state index in [4.69, 9.17) is 0 Å². The Morgan fingerprint density at radius 1 is 1.12 bits per heavy atom. The molecular weight excluding hydrogens is 424 g/mol. The molecular formula is C23H24N6O2S. The standard InChI is InChI=1S/C23H24N6O2S/c1-23(2,3)15-29-17(9-16-11-25-19(10-24)26-22(16)29)12-28-20(30)13-27(14-21(28)31)32-18-7-5-4-6-8-18/h4-9,11H,12-15H2,1-3H3. The van der Waals surface area contributed by atoms with Crippen molar-refractivity contribution >= 4 is 34.8 Å². The second-order valence-corrected chi connectivity index (χ2v) is 10.1. The van der Waals surface area contributed by atoms with Gasteiger partial charge >= 0.3 is 0 Å². The number of imide groups is 1. The van der Waals surface area contributed by atoms with E-state index in [9.17, 15) is 14.9 Å². The van der Waals surface area contributed by atoms with Crippen LogP contribution < -0.4 is 0 Å². The minimum atomic E-state index is -0.235. The number of rotatable bonds is 5. The number of fused-ring (bicyclic) bond motifs is 1. The summed E-state index contributed by atoms with van der Waals surface area (Å²) < 4.78 is 3.77. The molecule has 1 fully saturated rings. The largest absolute Gasteiger partial charge is 0.327 e. The summed E-state index contributed by atoms with van der Waals surface area (Å²) in [6.07, 6.45) is 1.61.